The first-order chi connectivity index (χ1) is 13.3. The number of benzene rings is 2. The molecule has 2 aromatic rings. The van der Waals surface area contributed by atoms with Crippen LogP contribution in [0.25, 0.3) is 6.08 Å². The number of hydrogen-bond acceptors (Lipinski definition) is 4. The second-order valence-corrected chi connectivity index (χ2v) is 5.57. The normalized spacial score (nSPS) is 11.3. The van der Waals surface area contributed by atoms with Crippen LogP contribution in [-0.4, -0.2) is 25.1 Å². The van der Waals surface area contributed by atoms with Gasteiger partial charge < -0.3 is 14.8 Å². The fourth-order valence-corrected chi connectivity index (χ4v) is 2.13. The Balaban J connectivity index is 1.79. The summed E-state index contributed by atoms with van der Waals surface area (Å²) >= 11 is 0. The number of rotatable bonds is 7. The highest BCUT2D eigenvalue weighted by molar-refractivity contribution is 5.94. The molecule has 0 spiro atoms. The molecule has 0 saturated carbocycles. The van der Waals surface area contributed by atoms with Gasteiger partial charge in [-0.1, -0.05) is 12.1 Å². The van der Waals surface area contributed by atoms with Gasteiger partial charge in [0.05, 0.1) is 12.2 Å². The third kappa shape index (κ3) is 6.79. The number of amides is 1. The van der Waals surface area contributed by atoms with Crippen molar-refractivity contribution in [1.82, 2.24) is 0 Å². The number of nitrogens with one attached hydrogen (secondary N) is 1. The van der Waals surface area contributed by atoms with Gasteiger partial charge >= 0.3 is 12.1 Å². The van der Waals surface area contributed by atoms with Gasteiger partial charge in [0.2, 0.25) is 0 Å². The summed E-state index contributed by atoms with van der Waals surface area (Å²) in [6.45, 7) is 1.89. The van der Waals surface area contributed by atoms with Gasteiger partial charge in [0.25, 0.3) is 5.91 Å². The standard InChI is InChI=1S/C20H18F3NO4/c1-2-27-17-10-8-16(9-11-17)24-18(25)13-28-19(26)12-5-14-3-6-15(7-4-14)20(21,22)23/h3-12H,2,13H2,1H3,(H,24,25)/b12-5+. The smallest absolute Gasteiger partial charge is 0.416 e. The lowest BCUT2D eigenvalue weighted by atomic mass is 10.1. The molecule has 5 nitrogen and oxygen atoms in total. The summed E-state index contributed by atoms with van der Waals surface area (Å²) in [6.07, 6.45) is -2.09. The number of carbonyl (C=O) groups is 2. The Bertz CT molecular complexity index is 828. The van der Waals surface area contributed by atoms with Crippen LogP contribution in [0.2, 0.25) is 0 Å². The van der Waals surface area contributed by atoms with Crippen LogP contribution < -0.4 is 10.1 Å². The Morgan fingerprint density at radius 1 is 1.04 bits per heavy atom. The maximum absolute atomic E-state index is 12.5. The minimum Gasteiger partial charge on any atom is -0.494 e. The van der Waals surface area contributed by atoms with Crippen molar-refractivity contribution in [2.75, 3.05) is 18.5 Å². The highest BCUT2D eigenvalue weighted by Gasteiger charge is 2.29. The Kier molecular flexibility index (Phi) is 7.20. The lowest BCUT2D eigenvalue weighted by Gasteiger charge is -2.07. The molecule has 0 saturated heterocycles. The zero-order valence-electron chi connectivity index (χ0n) is 15.0. The van der Waals surface area contributed by atoms with Crippen LogP contribution in [-0.2, 0) is 20.5 Å². The van der Waals surface area contributed by atoms with E-state index in [1.807, 2.05) is 6.92 Å². The second kappa shape index (κ2) is 9.59. The fourth-order valence-electron chi connectivity index (χ4n) is 2.13. The summed E-state index contributed by atoms with van der Waals surface area (Å²) < 4.78 is 47.5. The molecule has 0 atom stereocenters. The molecule has 0 aromatic heterocycles. The summed E-state index contributed by atoms with van der Waals surface area (Å²) in [5, 5.41) is 2.56. The number of anilines is 1. The number of halogens is 3. The summed E-state index contributed by atoms with van der Waals surface area (Å²) in [7, 11) is 0. The van der Waals surface area contributed by atoms with E-state index in [4.69, 9.17) is 9.47 Å². The zero-order valence-corrected chi connectivity index (χ0v) is 15.0. The lowest BCUT2D eigenvalue weighted by molar-refractivity contribution is -0.142. The molecule has 0 aliphatic carbocycles. The predicted octanol–water partition coefficient (Wildman–Crippen LogP) is 4.30. The van der Waals surface area contributed by atoms with Crippen LogP contribution in [0.1, 0.15) is 18.1 Å². The fraction of sp³-hybridized carbons (Fsp3) is 0.200. The first-order valence-electron chi connectivity index (χ1n) is 8.32. The minimum atomic E-state index is -4.42. The molecule has 0 aliphatic rings. The Morgan fingerprint density at radius 2 is 1.68 bits per heavy atom. The van der Waals surface area contributed by atoms with Crippen molar-refractivity contribution in [3.8, 4) is 5.75 Å². The molecule has 2 rings (SSSR count). The van der Waals surface area contributed by atoms with Crippen molar-refractivity contribution in [3.05, 3.63) is 65.7 Å². The monoisotopic (exact) mass is 393 g/mol. The maximum atomic E-state index is 12.5. The molecule has 2 aromatic carbocycles. The highest BCUT2D eigenvalue weighted by Crippen LogP contribution is 2.29. The van der Waals surface area contributed by atoms with E-state index in [9.17, 15) is 22.8 Å². The van der Waals surface area contributed by atoms with E-state index in [1.165, 1.54) is 18.2 Å². The lowest BCUT2D eigenvalue weighted by Crippen LogP contribution is -2.20. The van der Waals surface area contributed by atoms with Crippen LogP contribution in [0.5, 0.6) is 5.75 Å². The van der Waals surface area contributed by atoms with E-state index in [2.05, 4.69) is 5.32 Å². The Morgan fingerprint density at radius 3 is 2.25 bits per heavy atom. The van der Waals surface area contributed by atoms with E-state index >= 15 is 0 Å². The third-order valence-electron chi connectivity index (χ3n) is 3.44. The molecular formula is C20H18F3NO4. The molecule has 0 radical (unpaired) electrons. The van der Waals surface area contributed by atoms with Crippen LogP contribution >= 0.6 is 0 Å². The Hall–Kier alpha value is -3.29. The van der Waals surface area contributed by atoms with E-state index in [-0.39, 0.29) is 0 Å². The van der Waals surface area contributed by atoms with Gasteiger partial charge in [0.1, 0.15) is 5.75 Å². The molecule has 0 bridgehead atoms. The largest absolute Gasteiger partial charge is 0.494 e. The van der Waals surface area contributed by atoms with Gasteiger partial charge in [-0.15, -0.1) is 0 Å². The average Bonchev–Trinajstić information content (AvgIpc) is 2.66. The summed E-state index contributed by atoms with van der Waals surface area (Å²) in [4.78, 5) is 23.4. The van der Waals surface area contributed by atoms with Gasteiger partial charge in [-0.2, -0.15) is 13.2 Å². The van der Waals surface area contributed by atoms with Crippen LogP contribution in [0.3, 0.4) is 0 Å². The molecule has 148 valence electrons. The molecule has 1 amide bonds. The van der Waals surface area contributed by atoms with Gasteiger partial charge in [-0.25, -0.2) is 4.79 Å². The van der Waals surface area contributed by atoms with Crippen molar-refractivity contribution in [1.29, 1.82) is 0 Å². The van der Waals surface area contributed by atoms with Crippen molar-refractivity contribution in [2.24, 2.45) is 0 Å². The van der Waals surface area contributed by atoms with Crippen molar-refractivity contribution < 1.29 is 32.2 Å². The first-order valence-corrected chi connectivity index (χ1v) is 8.32. The molecule has 1 N–H and O–H groups in total. The van der Waals surface area contributed by atoms with Gasteiger partial charge in [0.15, 0.2) is 6.61 Å². The quantitative estimate of drug-likeness (QED) is 0.563. The van der Waals surface area contributed by atoms with Gasteiger partial charge in [-0.05, 0) is 55.0 Å². The number of ether oxygens (including phenoxy) is 2. The van der Waals surface area contributed by atoms with E-state index in [0.29, 0.717) is 23.6 Å². The van der Waals surface area contributed by atoms with E-state index < -0.39 is 30.2 Å². The van der Waals surface area contributed by atoms with Crippen molar-refractivity contribution >= 4 is 23.6 Å². The Labute approximate surface area is 159 Å². The zero-order chi connectivity index (χ0) is 20.6. The maximum Gasteiger partial charge on any atom is 0.416 e. The molecule has 0 unspecified atom stereocenters. The van der Waals surface area contributed by atoms with Crippen LogP contribution in [0.4, 0.5) is 18.9 Å². The van der Waals surface area contributed by atoms with E-state index in [0.717, 1.165) is 18.2 Å². The summed E-state index contributed by atoms with van der Waals surface area (Å²) in [5.74, 6) is -0.650. The molecule has 0 aliphatic heterocycles. The highest BCUT2D eigenvalue weighted by atomic mass is 19.4. The second-order valence-electron chi connectivity index (χ2n) is 5.57. The SMILES string of the molecule is CCOc1ccc(NC(=O)COC(=O)/C=C/c2ccc(C(F)(F)F)cc2)cc1. The van der Waals surface area contributed by atoms with Crippen LogP contribution in [0.15, 0.2) is 54.6 Å². The molecule has 28 heavy (non-hydrogen) atoms. The molecule has 0 fully saturated rings. The third-order valence-corrected chi connectivity index (χ3v) is 3.44. The van der Waals surface area contributed by atoms with Crippen LogP contribution in [0, 0.1) is 0 Å². The number of alkyl halides is 3. The minimum absolute atomic E-state index is 0.392. The van der Waals surface area contributed by atoms with Gasteiger partial charge in [-0.3, -0.25) is 4.79 Å². The number of esters is 1. The predicted molar refractivity (Wildman–Crippen MR) is 97.7 cm³/mol. The van der Waals surface area contributed by atoms with E-state index in [1.54, 1.807) is 24.3 Å². The number of carbonyl (C=O) groups excluding carboxylic acids is 2. The number of hydrogen-bond donors (Lipinski definition) is 1. The molecule has 8 heteroatoms. The van der Waals surface area contributed by atoms with Gasteiger partial charge in [0, 0.05) is 11.8 Å². The van der Waals surface area contributed by atoms with Crippen molar-refractivity contribution in [2.45, 2.75) is 13.1 Å². The first kappa shape index (κ1) is 21.0. The molecular weight excluding hydrogens is 375 g/mol. The van der Waals surface area contributed by atoms with Crippen molar-refractivity contribution in [3.63, 3.8) is 0 Å². The summed E-state index contributed by atoms with van der Waals surface area (Å²) in [6, 6.07) is 11.0. The summed E-state index contributed by atoms with van der Waals surface area (Å²) in [5.41, 5.74) is 0.131. The topological polar surface area (TPSA) is 64.6 Å². The molecule has 0 heterocycles. The average molecular weight is 393 g/mol.